The van der Waals surface area contributed by atoms with Gasteiger partial charge >= 0.3 is 0 Å². The van der Waals surface area contributed by atoms with E-state index in [2.05, 4.69) is 20.4 Å². The second-order valence-corrected chi connectivity index (χ2v) is 4.61. The standard InChI is InChI=1S/C14H28O4/c1-12(2)14(5)18-11-9-16-7-6-15-8-10-17-13(3)4/h12-13H,5-11H2,1-4H3. The molecule has 0 rings (SSSR count). The molecule has 0 heterocycles. The Labute approximate surface area is 111 Å². The van der Waals surface area contributed by atoms with Crippen LogP contribution in [0.4, 0.5) is 0 Å². The Bertz CT molecular complexity index is 202. The van der Waals surface area contributed by atoms with Crippen LogP contribution in [0.25, 0.3) is 0 Å². The molecule has 0 aromatic rings. The van der Waals surface area contributed by atoms with E-state index in [9.17, 15) is 0 Å². The molecule has 0 bridgehead atoms. The van der Waals surface area contributed by atoms with E-state index in [0.29, 0.717) is 45.6 Å². The zero-order valence-electron chi connectivity index (χ0n) is 12.2. The first kappa shape index (κ1) is 17.4. The molecule has 108 valence electrons. The summed E-state index contributed by atoms with van der Waals surface area (Å²) in [5.41, 5.74) is 0. The average Bonchev–Trinajstić information content (AvgIpc) is 2.30. The summed E-state index contributed by atoms with van der Waals surface area (Å²) in [7, 11) is 0. The van der Waals surface area contributed by atoms with Crippen LogP contribution in [0.2, 0.25) is 0 Å². The predicted molar refractivity (Wildman–Crippen MR) is 72.7 cm³/mol. The second-order valence-electron chi connectivity index (χ2n) is 4.61. The molecular weight excluding hydrogens is 232 g/mol. The van der Waals surface area contributed by atoms with Crippen LogP contribution in [-0.2, 0) is 18.9 Å². The van der Waals surface area contributed by atoms with E-state index >= 15 is 0 Å². The van der Waals surface area contributed by atoms with Gasteiger partial charge in [0.15, 0.2) is 0 Å². The predicted octanol–water partition coefficient (Wildman–Crippen LogP) is 2.63. The molecule has 0 amide bonds. The highest BCUT2D eigenvalue weighted by Gasteiger charge is 2.00. The molecule has 0 spiro atoms. The maximum absolute atomic E-state index is 5.39. The zero-order chi connectivity index (χ0) is 13.8. The molecule has 0 aromatic carbocycles. The van der Waals surface area contributed by atoms with E-state index in [1.165, 1.54) is 0 Å². The molecular formula is C14H28O4. The molecule has 0 saturated carbocycles. The van der Waals surface area contributed by atoms with Gasteiger partial charge in [-0.1, -0.05) is 20.4 Å². The quantitative estimate of drug-likeness (QED) is 0.399. The van der Waals surface area contributed by atoms with Crippen molar-refractivity contribution in [3.63, 3.8) is 0 Å². The largest absolute Gasteiger partial charge is 0.496 e. The van der Waals surface area contributed by atoms with Gasteiger partial charge < -0.3 is 18.9 Å². The van der Waals surface area contributed by atoms with Crippen LogP contribution in [0.3, 0.4) is 0 Å². The third-order valence-electron chi connectivity index (χ3n) is 2.21. The van der Waals surface area contributed by atoms with Gasteiger partial charge in [0.2, 0.25) is 0 Å². The molecule has 0 unspecified atom stereocenters. The minimum Gasteiger partial charge on any atom is -0.496 e. The van der Waals surface area contributed by atoms with Crippen LogP contribution in [-0.4, -0.2) is 45.7 Å². The lowest BCUT2D eigenvalue weighted by atomic mass is 10.2. The summed E-state index contributed by atoms with van der Waals surface area (Å²) in [4.78, 5) is 0. The fraction of sp³-hybridized carbons (Fsp3) is 0.857. The van der Waals surface area contributed by atoms with Crippen molar-refractivity contribution in [3.8, 4) is 0 Å². The van der Waals surface area contributed by atoms with Crippen molar-refractivity contribution in [2.75, 3.05) is 39.6 Å². The normalized spacial score (nSPS) is 11.2. The van der Waals surface area contributed by atoms with E-state index in [0.717, 1.165) is 5.76 Å². The van der Waals surface area contributed by atoms with Crippen molar-refractivity contribution in [3.05, 3.63) is 12.3 Å². The molecule has 0 radical (unpaired) electrons. The number of rotatable bonds is 12. The smallest absolute Gasteiger partial charge is 0.111 e. The van der Waals surface area contributed by atoms with E-state index in [4.69, 9.17) is 18.9 Å². The lowest BCUT2D eigenvalue weighted by Crippen LogP contribution is -2.13. The molecule has 4 heteroatoms. The highest BCUT2D eigenvalue weighted by Crippen LogP contribution is 2.07. The molecule has 0 N–H and O–H groups in total. The monoisotopic (exact) mass is 260 g/mol. The molecule has 0 aliphatic carbocycles. The second kappa shape index (κ2) is 11.5. The van der Waals surface area contributed by atoms with Gasteiger partial charge in [-0.3, -0.25) is 0 Å². The fourth-order valence-electron chi connectivity index (χ4n) is 1.06. The molecule has 4 nitrogen and oxygen atoms in total. The summed E-state index contributed by atoms with van der Waals surface area (Å²) in [6.45, 7) is 15.5. The molecule has 0 aliphatic rings. The van der Waals surface area contributed by atoms with E-state index < -0.39 is 0 Å². The maximum atomic E-state index is 5.39. The van der Waals surface area contributed by atoms with Gasteiger partial charge in [-0.15, -0.1) is 0 Å². The number of hydrogen-bond acceptors (Lipinski definition) is 4. The maximum Gasteiger partial charge on any atom is 0.111 e. The van der Waals surface area contributed by atoms with Crippen LogP contribution in [0.5, 0.6) is 0 Å². The van der Waals surface area contributed by atoms with Crippen molar-refractivity contribution >= 4 is 0 Å². The zero-order valence-corrected chi connectivity index (χ0v) is 12.2. The van der Waals surface area contributed by atoms with Crippen LogP contribution in [0.1, 0.15) is 27.7 Å². The van der Waals surface area contributed by atoms with Crippen LogP contribution < -0.4 is 0 Å². The molecule has 18 heavy (non-hydrogen) atoms. The molecule has 0 aromatic heterocycles. The van der Waals surface area contributed by atoms with E-state index in [-0.39, 0.29) is 6.10 Å². The average molecular weight is 260 g/mol. The molecule has 0 atom stereocenters. The lowest BCUT2D eigenvalue weighted by Gasteiger charge is -2.12. The van der Waals surface area contributed by atoms with E-state index in [1.54, 1.807) is 0 Å². The Morgan fingerprint density at radius 3 is 1.83 bits per heavy atom. The van der Waals surface area contributed by atoms with Gasteiger partial charge in [0.25, 0.3) is 0 Å². The van der Waals surface area contributed by atoms with Crippen molar-refractivity contribution in [2.45, 2.75) is 33.8 Å². The Morgan fingerprint density at radius 2 is 1.33 bits per heavy atom. The van der Waals surface area contributed by atoms with Crippen LogP contribution >= 0.6 is 0 Å². The summed E-state index contributed by atoms with van der Waals surface area (Å²) >= 11 is 0. The van der Waals surface area contributed by atoms with Gasteiger partial charge in [0.1, 0.15) is 6.61 Å². The third-order valence-corrected chi connectivity index (χ3v) is 2.21. The van der Waals surface area contributed by atoms with E-state index in [1.807, 2.05) is 13.8 Å². The molecule has 0 fully saturated rings. The van der Waals surface area contributed by atoms with Crippen molar-refractivity contribution in [1.82, 2.24) is 0 Å². The van der Waals surface area contributed by atoms with Gasteiger partial charge in [-0.05, 0) is 13.8 Å². The van der Waals surface area contributed by atoms with Gasteiger partial charge in [0, 0.05) is 5.92 Å². The minimum atomic E-state index is 0.260. The fourth-order valence-corrected chi connectivity index (χ4v) is 1.06. The number of ether oxygens (including phenoxy) is 4. The van der Waals surface area contributed by atoms with Crippen LogP contribution in [0, 0.1) is 5.92 Å². The first-order valence-electron chi connectivity index (χ1n) is 6.62. The SMILES string of the molecule is C=C(OCCOCCOCCOC(C)C)C(C)C. The third kappa shape index (κ3) is 11.9. The first-order chi connectivity index (χ1) is 8.54. The summed E-state index contributed by atoms with van der Waals surface area (Å²) in [6, 6.07) is 0. The van der Waals surface area contributed by atoms with Crippen molar-refractivity contribution in [1.29, 1.82) is 0 Å². The number of allylic oxidation sites excluding steroid dienone is 1. The summed E-state index contributed by atoms with van der Waals surface area (Å²) in [6.07, 6.45) is 0.260. The summed E-state index contributed by atoms with van der Waals surface area (Å²) < 4.78 is 21.4. The topological polar surface area (TPSA) is 36.9 Å². The Kier molecular flexibility index (Phi) is 11.1. The molecule has 0 saturated heterocycles. The highest BCUT2D eigenvalue weighted by atomic mass is 16.6. The van der Waals surface area contributed by atoms with Crippen molar-refractivity contribution < 1.29 is 18.9 Å². The Morgan fingerprint density at radius 1 is 0.833 bits per heavy atom. The highest BCUT2D eigenvalue weighted by molar-refractivity contribution is 4.85. The number of hydrogen-bond donors (Lipinski definition) is 0. The lowest BCUT2D eigenvalue weighted by molar-refractivity contribution is -0.00816. The first-order valence-corrected chi connectivity index (χ1v) is 6.62. The van der Waals surface area contributed by atoms with Crippen LogP contribution in [0.15, 0.2) is 12.3 Å². The van der Waals surface area contributed by atoms with Gasteiger partial charge in [-0.2, -0.15) is 0 Å². The van der Waals surface area contributed by atoms with Gasteiger partial charge in [-0.25, -0.2) is 0 Å². The summed E-state index contributed by atoms with van der Waals surface area (Å²) in [5.74, 6) is 1.16. The Hall–Kier alpha value is -0.580. The van der Waals surface area contributed by atoms with Crippen molar-refractivity contribution in [2.24, 2.45) is 5.92 Å². The summed E-state index contributed by atoms with van der Waals surface area (Å²) in [5, 5.41) is 0. The molecule has 0 aliphatic heterocycles. The van der Waals surface area contributed by atoms with Gasteiger partial charge in [0.05, 0.1) is 44.9 Å². The Balaban J connectivity index is 3.10. The minimum absolute atomic E-state index is 0.260.